The van der Waals surface area contributed by atoms with Crippen molar-refractivity contribution < 1.29 is 19.8 Å². The minimum atomic E-state index is -1.24. The number of phenols is 1. The number of aromatic hydroxyl groups is 1. The van der Waals surface area contributed by atoms with Gasteiger partial charge in [-0.15, -0.1) is 0 Å². The number of phenolic OH excluding ortho intramolecular Hbond substituents is 1. The summed E-state index contributed by atoms with van der Waals surface area (Å²) in [5.74, 6) is -1.21. The zero-order valence-electron chi connectivity index (χ0n) is 10.7. The van der Waals surface area contributed by atoms with Gasteiger partial charge in [0.1, 0.15) is 11.3 Å². The van der Waals surface area contributed by atoms with Crippen LogP contribution in [-0.2, 0) is 16.0 Å². The van der Waals surface area contributed by atoms with Gasteiger partial charge in [0.05, 0.1) is 6.42 Å². The Balaban J connectivity index is 2.77. The number of rotatable bonds is 4. The SMILES string of the molecule is CN(C(=O)Cc1ccc(O)cc1)C(C)(C)C(=O)O. The Morgan fingerprint density at radius 1 is 1.22 bits per heavy atom. The van der Waals surface area contributed by atoms with Crippen LogP contribution < -0.4 is 0 Å². The molecule has 0 spiro atoms. The van der Waals surface area contributed by atoms with Crippen molar-refractivity contribution in [2.24, 2.45) is 0 Å². The third kappa shape index (κ3) is 3.00. The number of amides is 1. The number of benzene rings is 1. The van der Waals surface area contributed by atoms with Crippen molar-refractivity contribution in [3.63, 3.8) is 0 Å². The molecule has 0 saturated carbocycles. The maximum Gasteiger partial charge on any atom is 0.329 e. The molecule has 0 heterocycles. The predicted octanol–water partition coefficient (Wildman–Crippen LogP) is 1.26. The topological polar surface area (TPSA) is 77.8 Å². The molecule has 1 amide bonds. The van der Waals surface area contributed by atoms with Gasteiger partial charge in [0, 0.05) is 7.05 Å². The quantitative estimate of drug-likeness (QED) is 0.844. The van der Waals surface area contributed by atoms with Gasteiger partial charge in [-0.2, -0.15) is 0 Å². The molecule has 5 heteroatoms. The van der Waals surface area contributed by atoms with Gasteiger partial charge in [-0.3, -0.25) is 4.79 Å². The van der Waals surface area contributed by atoms with Gasteiger partial charge in [0.25, 0.3) is 0 Å². The van der Waals surface area contributed by atoms with E-state index >= 15 is 0 Å². The molecule has 0 aliphatic rings. The van der Waals surface area contributed by atoms with Crippen LogP contribution in [0.3, 0.4) is 0 Å². The summed E-state index contributed by atoms with van der Waals surface area (Å²) in [5.41, 5.74) is -0.514. The average Bonchev–Trinajstić information content (AvgIpc) is 2.30. The lowest BCUT2D eigenvalue weighted by Gasteiger charge is -2.31. The predicted molar refractivity (Wildman–Crippen MR) is 66.3 cm³/mol. The lowest BCUT2D eigenvalue weighted by atomic mass is 10.0. The van der Waals surface area contributed by atoms with Crippen molar-refractivity contribution in [2.45, 2.75) is 25.8 Å². The lowest BCUT2D eigenvalue weighted by Crippen LogP contribution is -2.51. The molecule has 0 saturated heterocycles. The molecule has 0 aromatic heterocycles. The van der Waals surface area contributed by atoms with Crippen molar-refractivity contribution in [1.29, 1.82) is 0 Å². The van der Waals surface area contributed by atoms with Gasteiger partial charge in [-0.05, 0) is 31.5 Å². The zero-order chi connectivity index (χ0) is 13.9. The largest absolute Gasteiger partial charge is 0.508 e. The van der Waals surface area contributed by atoms with E-state index in [1.807, 2.05) is 0 Å². The maximum absolute atomic E-state index is 11.9. The average molecular weight is 251 g/mol. The number of carbonyl (C=O) groups is 2. The van der Waals surface area contributed by atoms with Crippen LogP contribution in [0, 0.1) is 0 Å². The lowest BCUT2D eigenvalue weighted by molar-refractivity contribution is -0.155. The van der Waals surface area contributed by atoms with E-state index in [1.54, 1.807) is 12.1 Å². The molecule has 1 aromatic rings. The first-order chi connectivity index (χ1) is 8.25. The van der Waals surface area contributed by atoms with Crippen LogP contribution in [-0.4, -0.2) is 39.6 Å². The molecule has 0 fully saturated rings. The Morgan fingerprint density at radius 2 is 1.72 bits per heavy atom. The van der Waals surface area contributed by atoms with Gasteiger partial charge in [-0.1, -0.05) is 12.1 Å². The molecule has 2 N–H and O–H groups in total. The third-order valence-electron chi connectivity index (χ3n) is 3.03. The fourth-order valence-electron chi connectivity index (χ4n) is 1.36. The Bertz CT molecular complexity index is 451. The van der Waals surface area contributed by atoms with Crippen LogP contribution in [0.25, 0.3) is 0 Å². The molecule has 0 bridgehead atoms. The summed E-state index contributed by atoms with van der Waals surface area (Å²) in [5, 5.41) is 18.2. The van der Waals surface area contributed by atoms with Crippen LogP contribution >= 0.6 is 0 Å². The highest BCUT2D eigenvalue weighted by Crippen LogP contribution is 2.16. The van der Waals surface area contributed by atoms with Crippen molar-refractivity contribution in [3.8, 4) is 5.75 Å². The number of carbonyl (C=O) groups excluding carboxylic acids is 1. The summed E-state index contributed by atoms with van der Waals surface area (Å²) in [6.07, 6.45) is 0.105. The normalized spacial score (nSPS) is 11.1. The van der Waals surface area contributed by atoms with E-state index < -0.39 is 11.5 Å². The molecule has 1 aromatic carbocycles. The van der Waals surface area contributed by atoms with Crippen molar-refractivity contribution >= 4 is 11.9 Å². The number of likely N-dealkylation sites (N-methyl/N-ethyl adjacent to an activating group) is 1. The molecule has 5 nitrogen and oxygen atoms in total. The summed E-state index contributed by atoms with van der Waals surface area (Å²) >= 11 is 0. The third-order valence-corrected chi connectivity index (χ3v) is 3.03. The molecule has 0 atom stereocenters. The highest BCUT2D eigenvalue weighted by Gasteiger charge is 2.34. The summed E-state index contributed by atoms with van der Waals surface area (Å²) in [6, 6.07) is 6.25. The van der Waals surface area contributed by atoms with E-state index in [1.165, 1.54) is 37.9 Å². The van der Waals surface area contributed by atoms with Crippen molar-refractivity contribution in [2.75, 3.05) is 7.05 Å². The van der Waals surface area contributed by atoms with E-state index in [-0.39, 0.29) is 18.1 Å². The second-order valence-electron chi connectivity index (χ2n) is 4.66. The molecule has 0 aliphatic carbocycles. The van der Waals surface area contributed by atoms with E-state index in [0.29, 0.717) is 0 Å². The summed E-state index contributed by atoms with van der Waals surface area (Å²) in [6.45, 7) is 2.95. The van der Waals surface area contributed by atoms with E-state index in [2.05, 4.69) is 0 Å². The standard InChI is InChI=1S/C13H17NO4/c1-13(2,12(17)18)14(3)11(16)8-9-4-6-10(15)7-5-9/h4-7,15H,8H2,1-3H3,(H,17,18). The minimum Gasteiger partial charge on any atom is -0.508 e. The molecular formula is C13H17NO4. The molecule has 1 rings (SSSR count). The van der Waals surface area contributed by atoms with Gasteiger partial charge in [0.2, 0.25) is 5.91 Å². The highest BCUT2D eigenvalue weighted by atomic mass is 16.4. The van der Waals surface area contributed by atoms with Gasteiger partial charge in [-0.25, -0.2) is 4.79 Å². The second-order valence-corrected chi connectivity index (χ2v) is 4.66. The number of carboxylic acid groups (broad SMARTS) is 1. The molecule has 98 valence electrons. The number of hydrogen-bond acceptors (Lipinski definition) is 3. The maximum atomic E-state index is 11.9. The summed E-state index contributed by atoms with van der Waals surface area (Å²) in [7, 11) is 1.47. The van der Waals surface area contributed by atoms with Gasteiger partial charge < -0.3 is 15.1 Å². The van der Waals surface area contributed by atoms with E-state index in [9.17, 15) is 9.59 Å². The fourth-order valence-corrected chi connectivity index (χ4v) is 1.36. The Kier molecular flexibility index (Phi) is 3.96. The van der Waals surface area contributed by atoms with E-state index in [0.717, 1.165) is 5.56 Å². The van der Waals surface area contributed by atoms with Crippen LogP contribution in [0.1, 0.15) is 19.4 Å². The van der Waals surface area contributed by atoms with Gasteiger partial charge >= 0.3 is 5.97 Å². The van der Waals surface area contributed by atoms with Crippen LogP contribution in [0.15, 0.2) is 24.3 Å². The Morgan fingerprint density at radius 3 is 2.17 bits per heavy atom. The zero-order valence-corrected chi connectivity index (χ0v) is 10.7. The number of hydrogen-bond donors (Lipinski definition) is 2. The van der Waals surface area contributed by atoms with Crippen molar-refractivity contribution in [3.05, 3.63) is 29.8 Å². The Labute approximate surface area is 106 Å². The fraction of sp³-hybridized carbons (Fsp3) is 0.385. The second kappa shape index (κ2) is 5.08. The number of nitrogens with zero attached hydrogens (tertiary/aromatic N) is 1. The Hall–Kier alpha value is -2.04. The highest BCUT2D eigenvalue weighted by molar-refractivity contribution is 5.87. The summed E-state index contributed by atoms with van der Waals surface area (Å²) in [4.78, 5) is 24.2. The number of carboxylic acids is 1. The smallest absolute Gasteiger partial charge is 0.329 e. The van der Waals surface area contributed by atoms with Gasteiger partial charge in [0.15, 0.2) is 0 Å². The van der Waals surface area contributed by atoms with Crippen LogP contribution in [0.2, 0.25) is 0 Å². The van der Waals surface area contributed by atoms with Crippen LogP contribution in [0.4, 0.5) is 0 Å². The van der Waals surface area contributed by atoms with E-state index in [4.69, 9.17) is 10.2 Å². The minimum absolute atomic E-state index is 0.105. The molecule has 0 aliphatic heterocycles. The summed E-state index contributed by atoms with van der Waals surface area (Å²) < 4.78 is 0. The van der Waals surface area contributed by atoms with Crippen molar-refractivity contribution in [1.82, 2.24) is 4.90 Å². The molecule has 0 unspecified atom stereocenters. The molecular weight excluding hydrogens is 234 g/mol. The first-order valence-corrected chi connectivity index (χ1v) is 5.53. The number of aliphatic carboxylic acids is 1. The van der Waals surface area contributed by atoms with Crippen LogP contribution in [0.5, 0.6) is 5.75 Å². The first-order valence-electron chi connectivity index (χ1n) is 5.53. The first kappa shape index (κ1) is 14.0. The molecule has 18 heavy (non-hydrogen) atoms. The molecule has 0 radical (unpaired) electrons. The monoisotopic (exact) mass is 251 g/mol.